The number of nitrogens with one attached hydrogen (secondary N) is 1. The lowest BCUT2D eigenvalue weighted by atomic mass is 9.95. The Morgan fingerprint density at radius 1 is 1.30 bits per heavy atom. The predicted molar refractivity (Wildman–Crippen MR) is 84.8 cm³/mol. The molecular formula is C16H22BrFN2. The van der Waals surface area contributed by atoms with Crippen LogP contribution in [-0.4, -0.2) is 24.7 Å². The lowest BCUT2D eigenvalue weighted by Gasteiger charge is -2.41. The maximum Gasteiger partial charge on any atom is 0.137 e. The van der Waals surface area contributed by atoms with Crippen LogP contribution in [-0.2, 0) is 0 Å². The van der Waals surface area contributed by atoms with Crippen molar-refractivity contribution in [2.24, 2.45) is 0 Å². The molecule has 3 rings (SSSR count). The Labute approximate surface area is 128 Å². The minimum atomic E-state index is -0.166. The van der Waals surface area contributed by atoms with Crippen LogP contribution in [0.1, 0.15) is 38.2 Å². The number of nitrogens with zero attached hydrogens (tertiary/aromatic N) is 1. The van der Waals surface area contributed by atoms with Gasteiger partial charge in [-0.25, -0.2) is 4.39 Å². The molecule has 0 amide bonds. The van der Waals surface area contributed by atoms with Crippen molar-refractivity contribution in [3.63, 3.8) is 0 Å². The highest BCUT2D eigenvalue weighted by Crippen LogP contribution is 2.41. The van der Waals surface area contributed by atoms with Crippen molar-refractivity contribution in [3.8, 4) is 0 Å². The number of piperidine rings is 1. The second-order valence-corrected chi connectivity index (χ2v) is 6.93. The molecule has 0 spiro atoms. The van der Waals surface area contributed by atoms with Crippen LogP contribution in [0.4, 0.5) is 10.1 Å². The van der Waals surface area contributed by atoms with Gasteiger partial charge in [-0.15, -0.1) is 0 Å². The van der Waals surface area contributed by atoms with Crippen LogP contribution >= 0.6 is 15.9 Å². The third kappa shape index (κ3) is 2.48. The van der Waals surface area contributed by atoms with Gasteiger partial charge in [0.15, 0.2) is 0 Å². The highest BCUT2D eigenvalue weighted by molar-refractivity contribution is 9.10. The van der Waals surface area contributed by atoms with Gasteiger partial charge in [0, 0.05) is 23.8 Å². The van der Waals surface area contributed by atoms with Crippen LogP contribution in [0, 0.1) is 12.7 Å². The summed E-state index contributed by atoms with van der Waals surface area (Å²) in [5.41, 5.74) is 2.25. The van der Waals surface area contributed by atoms with Crippen molar-refractivity contribution in [2.45, 2.75) is 57.7 Å². The number of hydrogen-bond donors (Lipinski definition) is 1. The summed E-state index contributed by atoms with van der Waals surface area (Å²) < 4.78 is 14.2. The first kappa shape index (κ1) is 14.3. The predicted octanol–water partition coefficient (Wildman–Crippen LogP) is 4.01. The number of aryl methyl sites for hydroxylation is 1. The summed E-state index contributed by atoms with van der Waals surface area (Å²) in [5, 5.41) is 3.60. The molecule has 110 valence electrons. The highest BCUT2D eigenvalue weighted by Gasteiger charge is 2.41. The number of anilines is 1. The van der Waals surface area contributed by atoms with E-state index in [9.17, 15) is 4.39 Å². The lowest BCUT2D eigenvalue weighted by molar-refractivity contribution is 0.361. The van der Waals surface area contributed by atoms with Gasteiger partial charge in [-0.3, -0.25) is 0 Å². The standard InChI is InChI=1S/C16H22BrFN2/c1-3-19-11-7-12-4-5-13(8-11)20(12)16-9-14(17)15(18)6-10(16)2/h6,9,11-13,19H,3-5,7-8H2,1-2H3. The summed E-state index contributed by atoms with van der Waals surface area (Å²) in [7, 11) is 0. The van der Waals surface area contributed by atoms with Gasteiger partial charge >= 0.3 is 0 Å². The minimum absolute atomic E-state index is 0.166. The molecule has 0 radical (unpaired) electrons. The van der Waals surface area contributed by atoms with Gasteiger partial charge in [-0.1, -0.05) is 6.92 Å². The highest BCUT2D eigenvalue weighted by atomic mass is 79.9. The molecule has 1 aromatic carbocycles. The van der Waals surface area contributed by atoms with Crippen molar-refractivity contribution in [2.75, 3.05) is 11.4 Å². The first-order valence-corrected chi connectivity index (χ1v) is 8.36. The molecule has 4 heteroatoms. The van der Waals surface area contributed by atoms with Gasteiger partial charge in [0.1, 0.15) is 5.82 Å². The molecule has 2 heterocycles. The van der Waals surface area contributed by atoms with E-state index in [1.165, 1.54) is 31.4 Å². The molecule has 2 aliphatic heterocycles. The number of rotatable bonds is 3. The van der Waals surface area contributed by atoms with E-state index in [2.05, 4.69) is 33.1 Å². The minimum Gasteiger partial charge on any atom is -0.365 e. The zero-order valence-electron chi connectivity index (χ0n) is 12.1. The summed E-state index contributed by atoms with van der Waals surface area (Å²) in [4.78, 5) is 2.55. The Hall–Kier alpha value is -0.610. The first-order chi connectivity index (χ1) is 9.60. The van der Waals surface area contributed by atoms with Gasteiger partial charge in [-0.2, -0.15) is 0 Å². The normalized spacial score (nSPS) is 29.0. The van der Waals surface area contributed by atoms with Crippen LogP contribution < -0.4 is 10.2 Å². The molecule has 2 nitrogen and oxygen atoms in total. The molecule has 1 aromatic rings. The largest absolute Gasteiger partial charge is 0.365 e. The van der Waals surface area contributed by atoms with Gasteiger partial charge < -0.3 is 10.2 Å². The van der Waals surface area contributed by atoms with Gasteiger partial charge in [-0.05, 0) is 72.8 Å². The fourth-order valence-corrected chi connectivity index (χ4v) is 4.27. The summed E-state index contributed by atoms with van der Waals surface area (Å²) in [6.45, 7) is 5.24. The van der Waals surface area contributed by atoms with Crippen LogP contribution in [0.25, 0.3) is 0 Å². The van der Waals surface area contributed by atoms with Crippen LogP contribution in [0.15, 0.2) is 16.6 Å². The molecule has 0 saturated carbocycles. The van der Waals surface area contributed by atoms with Crippen molar-refractivity contribution in [3.05, 3.63) is 28.0 Å². The SMILES string of the molecule is CCNC1CC2CCC(C1)N2c1cc(Br)c(F)cc1C. The number of halogens is 2. The van der Waals surface area contributed by atoms with Crippen LogP contribution in [0.2, 0.25) is 0 Å². The Balaban J connectivity index is 1.87. The molecule has 2 unspecified atom stereocenters. The van der Waals surface area contributed by atoms with Gasteiger partial charge in [0.25, 0.3) is 0 Å². The van der Waals surface area contributed by atoms with E-state index in [0.717, 1.165) is 12.1 Å². The van der Waals surface area contributed by atoms with E-state index in [0.29, 0.717) is 22.6 Å². The average Bonchev–Trinajstić information content (AvgIpc) is 2.66. The molecular weight excluding hydrogens is 319 g/mol. The van der Waals surface area contributed by atoms with Crippen molar-refractivity contribution in [1.29, 1.82) is 0 Å². The monoisotopic (exact) mass is 340 g/mol. The van der Waals surface area contributed by atoms with Crippen molar-refractivity contribution in [1.82, 2.24) is 5.32 Å². The van der Waals surface area contributed by atoms with Crippen molar-refractivity contribution >= 4 is 21.6 Å². The molecule has 2 saturated heterocycles. The molecule has 2 atom stereocenters. The Morgan fingerprint density at radius 2 is 1.95 bits per heavy atom. The third-order valence-electron chi connectivity index (χ3n) is 4.74. The topological polar surface area (TPSA) is 15.3 Å². The fourth-order valence-electron chi connectivity index (χ4n) is 3.94. The summed E-state index contributed by atoms with van der Waals surface area (Å²) >= 11 is 3.33. The zero-order valence-corrected chi connectivity index (χ0v) is 13.7. The zero-order chi connectivity index (χ0) is 14.3. The van der Waals surface area contributed by atoms with Crippen molar-refractivity contribution < 1.29 is 4.39 Å². The van der Waals surface area contributed by atoms with Gasteiger partial charge in [0.2, 0.25) is 0 Å². The molecule has 2 fully saturated rings. The average molecular weight is 341 g/mol. The molecule has 2 aliphatic rings. The Kier molecular flexibility index (Phi) is 4.04. The van der Waals surface area contributed by atoms with E-state index in [1.54, 1.807) is 6.07 Å². The van der Waals surface area contributed by atoms with E-state index in [-0.39, 0.29) is 5.82 Å². The van der Waals surface area contributed by atoms with E-state index < -0.39 is 0 Å². The van der Waals surface area contributed by atoms with Crippen LogP contribution in [0.3, 0.4) is 0 Å². The third-order valence-corrected chi connectivity index (χ3v) is 5.35. The molecule has 2 bridgehead atoms. The number of fused-ring (bicyclic) bond motifs is 2. The number of benzene rings is 1. The second-order valence-electron chi connectivity index (χ2n) is 6.07. The lowest BCUT2D eigenvalue weighted by Crippen LogP contribution is -2.49. The quantitative estimate of drug-likeness (QED) is 0.894. The van der Waals surface area contributed by atoms with E-state index >= 15 is 0 Å². The molecule has 0 aromatic heterocycles. The first-order valence-electron chi connectivity index (χ1n) is 7.57. The maximum absolute atomic E-state index is 13.6. The maximum atomic E-state index is 13.6. The summed E-state index contributed by atoms with van der Waals surface area (Å²) in [6.07, 6.45) is 4.94. The molecule has 20 heavy (non-hydrogen) atoms. The summed E-state index contributed by atoms with van der Waals surface area (Å²) in [5.74, 6) is -0.166. The van der Waals surface area contributed by atoms with Crippen LogP contribution in [0.5, 0.6) is 0 Å². The second kappa shape index (κ2) is 5.64. The fraction of sp³-hybridized carbons (Fsp3) is 0.625. The Morgan fingerprint density at radius 3 is 2.55 bits per heavy atom. The van der Waals surface area contributed by atoms with E-state index in [4.69, 9.17) is 0 Å². The van der Waals surface area contributed by atoms with E-state index in [1.807, 2.05) is 13.0 Å². The smallest absolute Gasteiger partial charge is 0.137 e. The molecule has 1 N–H and O–H groups in total. The van der Waals surface area contributed by atoms with Gasteiger partial charge in [0.05, 0.1) is 4.47 Å². The number of hydrogen-bond acceptors (Lipinski definition) is 2. The Bertz CT molecular complexity index is 491. The molecule has 0 aliphatic carbocycles. The summed E-state index contributed by atoms with van der Waals surface area (Å²) in [6, 6.07) is 5.47.